The van der Waals surface area contributed by atoms with Crippen LogP contribution in [0.1, 0.15) is 28.9 Å². The molecule has 194 valence electrons. The second kappa shape index (κ2) is 11.5. The first kappa shape index (κ1) is 26.5. The number of hydrogen-bond acceptors (Lipinski definition) is 13. The highest BCUT2D eigenvalue weighted by molar-refractivity contribution is 6.00. The second-order valence-electron chi connectivity index (χ2n) is 7.49. The van der Waals surface area contributed by atoms with E-state index in [9.17, 15) is 29.3 Å². The number of nitrogens with zero attached hydrogens (tertiary/aromatic N) is 4. The minimum Gasteiger partial charge on any atom is -0.469 e. The SMILES string of the molecule is COC(=O)CCC(NC(=O)c1ccc(NCc2cnc3nc(N)[nH]c(=O)c3n2)cc1[N+](=O)[O-])C(=O)OC. The number of rotatable bonds is 10. The first-order valence-electron chi connectivity index (χ1n) is 10.6. The summed E-state index contributed by atoms with van der Waals surface area (Å²) in [5.41, 5.74) is 4.69. The van der Waals surface area contributed by atoms with Gasteiger partial charge in [-0.2, -0.15) is 4.98 Å². The molecule has 16 heteroatoms. The monoisotopic (exact) mass is 514 g/mol. The summed E-state index contributed by atoms with van der Waals surface area (Å²) >= 11 is 0. The van der Waals surface area contributed by atoms with Crippen LogP contribution in [0.3, 0.4) is 0 Å². The Hall–Kier alpha value is -5.15. The number of H-pyrrole nitrogens is 1. The Morgan fingerprint density at radius 3 is 2.65 bits per heavy atom. The van der Waals surface area contributed by atoms with Gasteiger partial charge in [0.25, 0.3) is 17.2 Å². The summed E-state index contributed by atoms with van der Waals surface area (Å²) in [5, 5.41) is 16.9. The van der Waals surface area contributed by atoms with Gasteiger partial charge in [-0.1, -0.05) is 0 Å². The van der Waals surface area contributed by atoms with E-state index in [-0.39, 0.29) is 47.7 Å². The van der Waals surface area contributed by atoms with Crippen molar-refractivity contribution in [2.24, 2.45) is 0 Å². The number of nitrogens with two attached hydrogens (primary N) is 1. The Labute approximate surface area is 207 Å². The lowest BCUT2D eigenvalue weighted by molar-refractivity contribution is -0.385. The average molecular weight is 514 g/mol. The van der Waals surface area contributed by atoms with Crippen LogP contribution in [0.15, 0.2) is 29.2 Å². The standard InChI is InChI=1S/C21H22N8O8/c1-36-15(30)6-5-13(20(33)37-2)26-18(31)12-4-3-10(7-14(12)29(34)35)23-8-11-9-24-17-16(25-11)19(32)28-21(22)27-17/h3-4,7,9,13,23H,5-6,8H2,1-2H3,(H,26,31)(H3,22,24,27,28,32). The van der Waals surface area contributed by atoms with Crippen molar-refractivity contribution < 1.29 is 28.8 Å². The Bertz CT molecular complexity index is 1420. The van der Waals surface area contributed by atoms with Gasteiger partial charge < -0.3 is 25.8 Å². The molecular formula is C21H22N8O8. The summed E-state index contributed by atoms with van der Waals surface area (Å²) < 4.78 is 9.15. The predicted octanol–water partition coefficient (Wildman–Crippen LogP) is 0.0402. The molecule has 1 amide bonds. The number of nitro benzene ring substituents is 1. The zero-order valence-electron chi connectivity index (χ0n) is 19.6. The number of nitrogen functional groups attached to an aromatic ring is 1. The highest BCUT2D eigenvalue weighted by Gasteiger charge is 2.27. The summed E-state index contributed by atoms with van der Waals surface area (Å²) in [4.78, 5) is 73.5. The second-order valence-corrected chi connectivity index (χ2v) is 7.49. The number of aromatic nitrogens is 4. The van der Waals surface area contributed by atoms with E-state index >= 15 is 0 Å². The van der Waals surface area contributed by atoms with Crippen LogP contribution in [-0.4, -0.2) is 63.0 Å². The average Bonchev–Trinajstić information content (AvgIpc) is 2.88. The summed E-state index contributed by atoms with van der Waals surface area (Å²) in [7, 11) is 2.28. The molecule has 1 atom stereocenters. The van der Waals surface area contributed by atoms with E-state index < -0.39 is 40.1 Å². The van der Waals surface area contributed by atoms with E-state index in [4.69, 9.17) is 5.73 Å². The third-order valence-corrected chi connectivity index (χ3v) is 5.05. The molecule has 1 aromatic carbocycles. The van der Waals surface area contributed by atoms with Crippen LogP contribution in [0.5, 0.6) is 0 Å². The molecule has 37 heavy (non-hydrogen) atoms. The van der Waals surface area contributed by atoms with Gasteiger partial charge in [-0.3, -0.25) is 29.5 Å². The van der Waals surface area contributed by atoms with Crippen LogP contribution >= 0.6 is 0 Å². The van der Waals surface area contributed by atoms with Gasteiger partial charge in [-0.05, 0) is 18.6 Å². The smallest absolute Gasteiger partial charge is 0.328 e. The summed E-state index contributed by atoms with van der Waals surface area (Å²) in [5.74, 6) is -2.45. The maximum atomic E-state index is 12.8. The Kier molecular flexibility index (Phi) is 8.24. The van der Waals surface area contributed by atoms with E-state index in [0.29, 0.717) is 5.69 Å². The van der Waals surface area contributed by atoms with Gasteiger partial charge >= 0.3 is 11.9 Å². The van der Waals surface area contributed by atoms with Gasteiger partial charge in [0.15, 0.2) is 11.2 Å². The molecule has 2 heterocycles. The van der Waals surface area contributed by atoms with E-state index in [1.54, 1.807) is 0 Å². The molecule has 0 spiro atoms. The molecule has 1 unspecified atom stereocenters. The molecule has 16 nitrogen and oxygen atoms in total. The number of carbonyl (C=O) groups excluding carboxylic acids is 3. The van der Waals surface area contributed by atoms with Crippen molar-refractivity contribution >= 4 is 46.3 Å². The van der Waals surface area contributed by atoms with Crippen LogP contribution in [0.4, 0.5) is 17.3 Å². The van der Waals surface area contributed by atoms with E-state index in [2.05, 4.69) is 40.0 Å². The van der Waals surface area contributed by atoms with Crippen molar-refractivity contribution in [3.63, 3.8) is 0 Å². The number of fused-ring (bicyclic) bond motifs is 1. The minimum absolute atomic E-state index is 0.0288. The van der Waals surface area contributed by atoms with Gasteiger partial charge in [-0.25, -0.2) is 14.8 Å². The Morgan fingerprint density at radius 2 is 1.97 bits per heavy atom. The number of nitrogens with one attached hydrogen (secondary N) is 3. The molecule has 0 bridgehead atoms. The van der Waals surface area contributed by atoms with Crippen molar-refractivity contribution in [1.82, 2.24) is 25.3 Å². The van der Waals surface area contributed by atoms with Crippen molar-refractivity contribution in [3.8, 4) is 0 Å². The molecule has 3 rings (SSSR count). The lowest BCUT2D eigenvalue weighted by Gasteiger charge is -2.16. The molecule has 0 aliphatic heterocycles. The summed E-state index contributed by atoms with van der Waals surface area (Å²) in [6.45, 7) is 0.0351. The van der Waals surface area contributed by atoms with Gasteiger partial charge in [-0.15, -0.1) is 0 Å². The third-order valence-electron chi connectivity index (χ3n) is 5.05. The van der Waals surface area contributed by atoms with Crippen LogP contribution in [0.2, 0.25) is 0 Å². The Balaban J connectivity index is 1.77. The van der Waals surface area contributed by atoms with Crippen LogP contribution in [0.25, 0.3) is 11.2 Å². The fourth-order valence-electron chi connectivity index (χ4n) is 3.22. The number of methoxy groups -OCH3 is 2. The molecule has 5 N–H and O–H groups in total. The van der Waals surface area contributed by atoms with E-state index in [1.165, 1.54) is 25.4 Å². The molecule has 2 aromatic heterocycles. The zero-order chi connectivity index (χ0) is 27.1. The maximum absolute atomic E-state index is 12.8. The van der Waals surface area contributed by atoms with Crippen molar-refractivity contribution in [1.29, 1.82) is 0 Å². The van der Waals surface area contributed by atoms with Crippen molar-refractivity contribution in [3.05, 3.63) is 56.1 Å². The number of aromatic amines is 1. The normalized spacial score (nSPS) is 11.4. The predicted molar refractivity (Wildman–Crippen MR) is 127 cm³/mol. The summed E-state index contributed by atoms with van der Waals surface area (Å²) in [6, 6.07) is 2.51. The molecule has 0 saturated carbocycles. The molecular weight excluding hydrogens is 492 g/mol. The van der Waals surface area contributed by atoms with Gasteiger partial charge in [0, 0.05) is 18.2 Å². The summed E-state index contributed by atoms with van der Waals surface area (Å²) in [6.07, 6.45) is 1.05. The number of ether oxygens (including phenoxy) is 2. The molecule has 0 radical (unpaired) electrons. The van der Waals surface area contributed by atoms with Crippen molar-refractivity contribution in [2.75, 3.05) is 25.3 Å². The number of benzene rings is 1. The van der Waals surface area contributed by atoms with Crippen LogP contribution in [-0.2, 0) is 25.6 Å². The molecule has 0 aliphatic rings. The zero-order valence-corrected chi connectivity index (χ0v) is 19.6. The number of esters is 2. The maximum Gasteiger partial charge on any atom is 0.328 e. The largest absolute Gasteiger partial charge is 0.469 e. The van der Waals surface area contributed by atoms with Gasteiger partial charge in [0.1, 0.15) is 11.6 Å². The van der Waals surface area contributed by atoms with Gasteiger partial charge in [0.2, 0.25) is 5.95 Å². The molecule has 0 saturated heterocycles. The number of amides is 1. The van der Waals surface area contributed by atoms with Crippen LogP contribution in [0, 0.1) is 10.1 Å². The first-order valence-corrected chi connectivity index (χ1v) is 10.6. The molecule has 3 aromatic rings. The number of hydrogen-bond donors (Lipinski definition) is 4. The lowest BCUT2D eigenvalue weighted by atomic mass is 10.1. The fraction of sp³-hybridized carbons (Fsp3) is 0.286. The number of anilines is 2. The molecule has 0 aliphatic carbocycles. The topological polar surface area (TPSA) is 234 Å². The highest BCUT2D eigenvalue weighted by Crippen LogP contribution is 2.24. The number of carbonyl (C=O) groups is 3. The van der Waals surface area contributed by atoms with E-state index in [1.807, 2.05) is 0 Å². The minimum atomic E-state index is -1.23. The Morgan fingerprint density at radius 1 is 1.22 bits per heavy atom. The quantitative estimate of drug-likeness (QED) is 0.159. The number of nitro groups is 1. The van der Waals surface area contributed by atoms with E-state index in [0.717, 1.165) is 13.2 Å². The highest BCUT2D eigenvalue weighted by atomic mass is 16.6. The van der Waals surface area contributed by atoms with Crippen molar-refractivity contribution in [2.45, 2.75) is 25.4 Å². The third kappa shape index (κ3) is 6.50. The lowest BCUT2D eigenvalue weighted by Crippen LogP contribution is -2.42. The van der Waals surface area contributed by atoms with Crippen LogP contribution < -0.4 is 21.9 Å². The fourth-order valence-corrected chi connectivity index (χ4v) is 3.22. The molecule has 0 fully saturated rings. The van der Waals surface area contributed by atoms with Gasteiger partial charge in [0.05, 0.1) is 37.6 Å². The first-order chi connectivity index (χ1) is 17.6.